The highest BCUT2D eigenvalue weighted by Gasteiger charge is 2.30. The van der Waals surface area contributed by atoms with Crippen molar-refractivity contribution in [2.75, 3.05) is 0 Å². The summed E-state index contributed by atoms with van der Waals surface area (Å²) < 4.78 is 5.58. The van der Waals surface area contributed by atoms with Crippen LogP contribution in [0, 0.1) is 0 Å². The van der Waals surface area contributed by atoms with Crippen molar-refractivity contribution < 1.29 is 4.43 Å². The van der Waals surface area contributed by atoms with E-state index in [4.69, 9.17) is 26.6 Å². The predicted octanol–water partition coefficient (Wildman–Crippen LogP) is 3.48. The van der Waals surface area contributed by atoms with Crippen molar-refractivity contribution in [1.29, 1.82) is 0 Å². The summed E-state index contributed by atoms with van der Waals surface area (Å²) in [5.41, 5.74) is 1.56. The molecule has 1 aliphatic carbocycles. The van der Waals surface area contributed by atoms with Gasteiger partial charge in [0.1, 0.15) is 0 Å². The number of hydrogen-bond donors (Lipinski definition) is 0. The maximum Gasteiger partial charge on any atom is 0.415 e. The third-order valence-corrected chi connectivity index (χ3v) is 4.70. The minimum absolute atomic E-state index is 0.276. The van der Waals surface area contributed by atoms with E-state index in [2.05, 4.69) is 6.58 Å². The fourth-order valence-corrected chi connectivity index (χ4v) is 2.99. The minimum atomic E-state index is -2.56. The lowest BCUT2D eigenvalue weighted by molar-refractivity contribution is 0.159. The van der Waals surface area contributed by atoms with E-state index in [-0.39, 0.29) is 6.10 Å². The lowest BCUT2D eigenvalue weighted by atomic mass is 9.98. The van der Waals surface area contributed by atoms with Crippen LogP contribution in [0.15, 0.2) is 12.3 Å². The van der Waals surface area contributed by atoms with Crippen LogP contribution in [0.3, 0.4) is 0 Å². The largest absolute Gasteiger partial charge is 0.415 e. The zero-order valence-corrected chi connectivity index (χ0v) is 9.57. The van der Waals surface area contributed by atoms with E-state index in [1.807, 2.05) is 0 Å². The summed E-state index contributed by atoms with van der Waals surface area (Å²) in [6, 6.07) is 0. The van der Waals surface area contributed by atoms with E-state index in [1.165, 1.54) is 19.3 Å². The van der Waals surface area contributed by atoms with E-state index in [1.54, 1.807) is 5.70 Å². The molecule has 4 heteroatoms. The normalized spacial score (nSPS) is 20.8. The Morgan fingerprint density at radius 1 is 1.25 bits per heavy atom. The lowest BCUT2D eigenvalue weighted by Crippen LogP contribution is -2.30. The summed E-state index contributed by atoms with van der Waals surface area (Å²) in [6.07, 6.45) is 6.26. The molecule has 0 spiro atoms. The van der Waals surface area contributed by atoms with E-state index >= 15 is 0 Å². The number of halogens is 2. The second kappa shape index (κ2) is 4.65. The van der Waals surface area contributed by atoms with E-state index < -0.39 is 6.94 Å². The van der Waals surface area contributed by atoms with Gasteiger partial charge in [0.25, 0.3) is 0 Å². The molecule has 0 aromatic carbocycles. The highest BCUT2D eigenvalue weighted by atomic mass is 35.7. The molecule has 0 bridgehead atoms. The van der Waals surface area contributed by atoms with Crippen molar-refractivity contribution >= 4 is 29.1 Å². The van der Waals surface area contributed by atoms with Crippen LogP contribution in [0.2, 0.25) is 0 Å². The molecular weight excluding hydrogens is 211 g/mol. The average Bonchev–Trinajstić information content (AvgIpc) is 2.06. The molecule has 0 amide bonds. The number of rotatable bonds is 3. The van der Waals surface area contributed by atoms with Crippen molar-refractivity contribution in [2.45, 2.75) is 38.2 Å². The molecule has 0 aromatic heterocycles. The molecule has 0 aliphatic heterocycles. The van der Waals surface area contributed by atoms with Gasteiger partial charge in [-0.3, -0.25) is 0 Å². The third kappa shape index (κ3) is 3.48. The van der Waals surface area contributed by atoms with Gasteiger partial charge in [-0.25, -0.2) is 0 Å². The SMILES string of the molecule is C=C[Si](Cl)(Cl)OC1CCCCC1. The topological polar surface area (TPSA) is 9.23 Å². The molecule has 12 heavy (non-hydrogen) atoms. The predicted molar refractivity (Wildman–Crippen MR) is 55.6 cm³/mol. The van der Waals surface area contributed by atoms with Gasteiger partial charge in [0.2, 0.25) is 0 Å². The Morgan fingerprint density at radius 3 is 2.33 bits per heavy atom. The molecule has 1 saturated carbocycles. The van der Waals surface area contributed by atoms with Crippen LogP contribution in [-0.2, 0) is 4.43 Å². The van der Waals surface area contributed by atoms with Gasteiger partial charge >= 0.3 is 6.94 Å². The molecule has 1 aliphatic rings. The second-order valence-electron chi connectivity index (χ2n) is 3.14. The average molecular weight is 225 g/mol. The van der Waals surface area contributed by atoms with Crippen molar-refractivity contribution in [1.82, 2.24) is 0 Å². The molecule has 0 heterocycles. The van der Waals surface area contributed by atoms with Gasteiger partial charge < -0.3 is 4.43 Å². The van der Waals surface area contributed by atoms with Crippen molar-refractivity contribution in [3.8, 4) is 0 Å². The molecule has 0 aromatic rings. The fourth-order valence-electron chi connectivity index (χ4n) is 1.45. The monoisotopic (exact) mass is 224 g/mol. The van der Waals surface area contributed by atoms with Gasteiger partial charge in [-0.05, 0) is 18.5 Å². The summed E-state index contributed by atoms with van der Waals surface area (Å²) in [5.74, 6) is 0. The van der Waals surface area contributed by atoms with Crippen LogP contribution >= 0.6 is 22.2 Å². The lowest BCUT2D eigenvalue weighted by Gasteiger charge is -2.26. The van der Waals surface area contributed by atoms with E-state index in [0.29, 0.717) is 0 Å². The Morgan fingerprint density at radius 2 is 1.83 bits per heavy atom. The van der Waals surface area contributed by atoms with Gasteiger partial charge in [0, 0.05) is 6.10 Å². The standard InChI is InChI=1S/C8H14Cl2OSi/c1-2-12(9,10)11-8-6-4-3-5-7-8/h2,8H,1,3-7H2. The Balaban J connectivity index is 2.33. The zero-order valence-electron chi connectivity index (χ0n) is 7.06. The summed E-state index contributed by atoms with van der Waals surface area (Å²) in [4.78, 5) is 0. The summed E-state index contributed by atoms with van der Waals surface area (Å²) in [7, 11) is 0. The summed E-state index contributed by atoms with van der Waals surface area (Å²) in [6.45, 7) is 1.01. The fraction of sp³-hybridized carbons (Fsp3) is 0.750. The summed E-state index contributed by atoms with van der Waals surface area (Å²) >= 11 is 11.8. The van der Waals surface area contributed by atoms with Crippen LogP contribution in [0.5, 0.6) is 0 Å². The summed E-state index contributed by atoms with van der Waals surface area (Å²) in [5, 5.41) is 0. The first-order valence-corrected chi connectivity index (χ1v) is 8.34. The first kappa shape index (κ1) is 10.6. The van der Waals surface area contributed by atoms with Crippen LogP contribution in [0.25, 0.3) is 0 Å². The van der Waals surface area contributed by atoms with Crippen LogP contribution in [0.1, 0.15) is 32.1 Å². The molecule has 1 nitrogen and oxygen atoms in total. The molecule has 0 saturated heterocycles. The van der Waals surface area contributed by atoms with Gasteiger partial charge in [-0.2, -0.15) is 0 Å². The van der Waals surface area contributed by atoms with Gasteiger partial charge in [-0.1, -0.05) is 19.3 Å². The van der Waals surface area contributed by atoms with E-state index in [0.717, 1.165) is 12.8 Å². The molecule has 0 atom stereocenters. The Bertz CT molecular complexity index is 155. The second-order valence-corrected chi connectivity index (χ2v) is 8.86. The molecule has 1 fully saturated rings. The highest BCUT2D eigenvalue weighted by molar-refractivity contribution is 7.44. The van der Waals surface area contributed by atoms with Gasteiger partial charge in [0.15, 0.2) is 0 Å². The van der Waals surface area contributed by atoms with Crippen LogP contribution in [-0.4, -0.2) is 13.0 Å². The van der Waals surface area contributed by atoms with Gasteiger partial charge in [0.05, 0.1) is 0 Å². The number of hydrogen-bond acceptors (Lipinski definition) is 1. The Kier molecular flexibility index (Phi) is 4.10. The molecule has 0 N–H and O–H groups in total. The molecule has 1 rings (SSSR count). The Hall–Kier alpha value is 0.497. The van der Waals surface area contributed by atoms with E-state index in [9.17, 15) is 0 Å². The van der Waals surface area contributed by atoms with Crippen molar-refractivity contribution in [2.24, 2.45) is 0 Å². The third-order valence-electron chi connectivity index (χ3n) is 2.11. The molecule has 0 radical (unpaired) electrons. The quantitative estimate of drug-likeness (QED) is 0.527. The molecule has 70 valence electrons. The van der Waals surface area contributed by atoms with Crippen LogP contribution in [0.4, 0.5) is 0 Å². The minimum Gasteiger partial charge on any atom is -0.386 e. The smallest absolute Gasteiger partial charge is 0.386 e. The molecular formula is C8H14Cl2OSi. The molecule has 0 unspecified atom stereocenters. The zero-order chi connectivity index (χ0) is 9.03. The van der Waals surface area contributed by atoms with Gasteiger partial charge in [-0.15, -0.1) is 28.7 Å². The van der Waals surface area contributed by atoms with Crippen molar-refractivity contribution in [3.63, 3.8) is 0 Å². The van der Waals surface area contributed by atoms with Crippen molar-refractivity contribution in [3.05, 3.63) is 12.3 Å². The first-order chi connectivity index (χ1) is 5.64. The Labute approximate surface area is 84.2 Å². The first-order valence-electron chi connectivity index (χ1n) is 4.33. The maximum absolute atomic E-state index is 5.92. The maximum atomic E-state index is 5.92. The van der Waals surface area contributed by atoms with Crippen LogP contribution < -0.4 is 0 Å². The highest BCUT2D eigenvalue weighted by Crippen LogP contribution is 2.27.